The second kappa shape index (κ2) is 5.96. The van der Waals surface area contributed by atoms with Crippen molar-refractivity contribution in [1.82, 2.24) is 4.98 Å². The summed E-state index contributed by atoms with van der Waals surface area (Å²) in [6.45, 7) is 1.90. The van der Waals surface area contributed by atoms with E-state index < -0.39 is 5.97 Å². The Morgan fingerprint density at radius 1 is 1.09 bits per heavy atom. The van der Waals surface area contributed by atoms with Crippen molar-refractivity contribution in [3.63, 3.8) is 0 Å². The number of rotatable bonds is 3. The number of anilines is 1. The van der Waals surface area contributed by atoms with Crippen molar-refractivity contribution < 1.29 is 14.3 Å². The van der Waals surface area contributed by atoms with Crippen LogP contribution in [0.1, 0.15) is 26.4 Å². The number of aromatic amines is 1. The van der Waals surface area contributed by atoms with Crippen LogP contribution >= 0.6 is 0 Å². The van der Waals surface area contributed by atoms with Gasteiger partial charge in [0.25, 0.3) is 5.91 Å². The largest absolute Gasteiger partial charge is 0.465 e. The summed E-state index contributed by atoms with van der Waals surface area (Å²) in [5.74, 6) is -0.691. The lowest BCUT2D eigenvalue weighted by Crippen LogP contribution is -2.14. The number of benzene rings is 2. The number of H-pyrrole nitrogens is 1. The number of hydrogen-bond donors (Lipinski definition) is 2. The first-order valence-corrected chi connectivity index (χ1v) is 7.17. The third-order valence-corrected chi connectivity index (χ3v) is 3.73. The van der Waals surface area contributed by atoms with Crippen molar-refractivity contribution in [2.75, 3.05) is 12.4 Å². The van der Waals surface area contributed by atoms with Crippen LogP contribution in [0, 0.1) is 6.92 Å². The molecule has 0 bridgehead atoms. The summed E-state index contributed by atoms with van der Waals surface area (Å²) in [4.78, 5) is 27.2. The molecule has 3 aromatic rings. The van der Waals surface area contributed by atoms with Gasteiger partial charge in [-0.1, -0.05) is 24.3 Å². The summed E-state index contributed by atoms with van der Waals surface area (Å²) >= 11 is 0. The summed E-state index contributed by atoms with van der Waals surface area (Å²) in [5, 5.41) is 3.82. The van der Waals surface area contributed by atoms with Gasteiger partial charge in [-0.05, 0) is 36.8 Å². The van der Waals surface area contributed by atoms with E-state index in [4.69, 9.17) is 0 Å². The molecule has 1 aromatic heterocycles. The maximum Gasteiger partial charge on any atom is 0.337 e. The summed E-state index contributed by atoms with van der Waals surface area (Å²) in [6.07, 6.45) is 0. The van der Waals surface area contributed by atoms with Gasteiger partial charge in [0.2, 0.25) is 0 Å². The van der Waals surface area contributed by atoms with E-state index in [9.17, 15) is 9.59 Å². The molecule has 0 aliphatic rings. The molecule has 2 aromatic carbocycles. The normalized spacial score (nSPS) is 10.5. The molecular formula is C18H16N2O3. The third kappa shape index (κ3) is 2.81. The van der Waals surface area contributed by atoms with Crippen LogP contribution in [-0.4, -0.2) is 24.0 Å². The number of aryl methyl sites for hydroxylation is 1. The van der Waals surface area contributed by atoms with Gasteiger partial charge in [0.1, 0.15) is 5.69 Å². The standard InChI is InChI=1S/C18H16N2O3/c1-11-14-8-3-4-9-15(14)20-16(11)17(21)19-13-7-5-6-12(10-13)18(22)23-2/h3-10,20H,1-2H3,(H,19,21). The third-order valence-electron chi connectivity index (χ3n) is 3.73. The number of methoxy groups -OCH3 is 1. The van der Waals surface area contributed by atoms with Crippen LogP contribution < -0.4 is 5.32 Å². The molecule has 116 valence electrons. The molecule has 2 N–H and O–H groups in total. The predicted octanol–water partition coefficient (Wildman–Crippen LogP) is 3.52. The Balaban J connectivity index is 1.89. The van der Waals surface area contributed by atoms with Crippen molar-refractivity contribution in [3.8, 4) is 0 Å². The molecule has 23 heavy (non-hydrogen) atoms. The minimum Gasteiger partial charge on any atom is -0.465 e. The monoisotopic (exact) mass is 308 g/mol. The molecule has 0 atom stereocenters. The minimum atomic E-state index is -0.442. The van der Waals surface area contributed by atoms with Crippen LogP contribution in [-0.2, 0) is 4.74 Å². The van der Waals surface area contributed by atoms with Crippen LogP contribution in [0.5, 0.6) is 0 Å². The summed E-state index contributed by atoms with van der Waals surface area (Å²) < 4.78 is 4.68. The number of carbonyl (C=O) groups is 2. The van der Waals surface area contributed by atoms with Gasteiger partial charge in [-0.25, -0.2) is 4.79 Å². The zero-order chi connectivity index (χ0) is 16.4. The van der Waals surface area contributed by atoms with Crippen LogP contribution in [0.15, 0.2) is 48.5 Å². The highest BCUT2D eigenvalue weighted by Gasteiger charge is 2.15. The molecule has 0 saturated heterocycles. The topological polar surface area (TPSA) is 71.2 Å². The van der Waals surface area contributed by atoms with Crippen molar-refractivity contribution in [3.05, 3.63) is 65.4 Å². The Hall–Kier alpha value is -3.08. The quantitative estimate of drug-likeness (QED) is 0.727. The number of hydrogen-bond acceptors (Lipinski definition) is 3. The van der Waals surface area contributed by atoms with Crippen molar-refractivity contribution in [1.29, 1.82) is 0 Å². The zero-order valence-electron chi connectivity index (χ0n) is 12.8. The molecule has 3 rings (SSSR count). The highest BCUT2D eigenvalue weighted by Crippen LogP contribution is 2.22. The van der Waals surface area contributed by atoms with Crippen molar-refractivity contribution in [2.45, 2.75) is 6.92 Å². The lowest BCUT2D eigenvalue weighted by molar-refractivity contribution is 0.0600. The van der Waals surface area contributed by atoms with Crippen LogP contribution in [0.4, 0.5) is 5.69 Å². The molecule has 5 nitrogen and oxygen atoms in total. The van der Waals surface area contributed by atoms with Gasteiger partial charge in [0.15, 0.2) is 0 Å². The first-order valence-electron chi connectivity index (χ1n) is 7.17. The average Bonchev–Trinajstić information content (AvgIpc) is 2.92. The molecule has 0 spiro atoms. The zero-order valence-corrected chi connectivity index (χ0v) is 12.8. The van der Waals surface area contributed by atoms with Gasteiger partial charge in [0.05, 0.1) is 12.7 Å². The molecular weight excluding hydrogens is 292 g/mol. The highest BCUT2D eigenvalue weighted by molar-refractivity contribution is 6.08. The van der Waals surface area contributed by atoms with Gasteiger partial charge in [-0.2, -0.15) is 0 Å². The highest BCUT2D eigenvalue weighted by atomic mass is 16.5. The first kappa shape index (κ1) is 14.8. The Morgan fingerprint density at radius 3 is 2.61 bits per heavy atom. The smallest absolute Gasteiger partial charge is 0.337 e. The van der Waals surface area contributed by atoms with E-state index in [1.54, 1.807) is 24.3 Å². The number of esters is 1. The van der Waals surface area contributed by atoms with Crippen LogP contribution in [0.3, 0.4) is 0 Å². The molecule has 0 unspecified atom stereocenters. The fraction of sp³-hybridized carbons (Fsp3) is 0.111. The van der Waals surface area contributed by atoms with Crippen LogP contribution in [0.25, 0.3) is 10.9 Å². The van der Waals surface area contributed by atoms with Crippen molar-refractivity contribution in [2.24, 2.45) is 0 Å². The number of nitrogens with one attached hydrogen (secondary N) is 2. The molecule has 0 fully saturated rings. The SMILES string of the molecule is COC(=O)c1cccc(NC(=O)c2[nH]c3ccccc3c2C)c1. The summed E-state index contributed by atoms with van der Waals surface area (Å²) in [7, 11) is 1.32. The van der Waals surface area contributed by atoms with Gasteiger partial charge in [0, 0.05) is 16.6 Å². The number of fused-ring (bicyclic) bond motifs is 1. The molecule has 0 aliphatic carbocycles. The molecule has 1 heterocycles. The Morgan fingerprint density at radius 2 is 1.87 bits per heavy atom. The number of para-hydroxylation sites is 1. The first-order chi connectivity index (χ1) is 11.1. The van der Waals surface area contributed by atoms with Gasteiger partial charge < -0.3 is 15.0 Å². The summed E-state index contributed by atoms with van der Waals surface area (Å²) in [5.41, 5.74) is 3.24. The molecule has 0 saturated carbocycles. The second-order valence-corrected chi connectivity index (χ2v) is 5.20. The minimum absolute atomic E-state index is 0.249. The maximum atomic E-state index is 12.5. The Kier molecular flexibility index (Phi) is 3.85. The molecule has 1 amide bonds. The number of aromatic nitrogens is 1. The van der Waals surface area contributed by atoms with E-state index in [2.05, 4.69) is 15.0 Å². The second-order valence-electron chi connectivity index (χ2n) is 5.20. The van der Waals surface area contributed by atoms with E-state index in [1.807, 2.05) is 31.2 Å². The van der Waals surface area contributed by atoms with E-state index in [1.165, 1.54) is 7.11 Å². The fourth-order valence-corrected chi connectivity index (χ4v) is 2.54. The fourth-order valence-electron chi connectivity index (χ4n) is 2.54. The Labute approximate surface area is 133 Å². The number of ether oxygens (including phenoxy) is 1. The lowest BCUT2D eigenvalue weighted by Gasteiger charge is -2.06. The van der Waals surface area contributed by atoms with Crippen molar-refractivity contribution >= 4 is 28.5 Å². The predicted molar refractivity (Wildman–Crippen MR) is 88.8 cm³/mol. The lowest BCUT2D eigenvalue weighted by atomic mass is 10.1. The Bertz CT molecular complexity index is 896. The van der Waals surface area contributed by atoms with Gasteiger partial charge in [-0.3, -0.25) is 4.79 Å². The van der Waals surface area contributed by atoms with E-state index in [0.717, 1.165) is 16.5 Å². The summed E-state index contributed by atoms with van der Waals surface area (Å²) in [6, 6.07) is 14.4. The maximum absolute atomic E-state index is 12.5. The van der Waals surface area contributed by atoms with Gasteiger partial charge in [-0.15, -0.1) is 0 Å². The van der Waals surface area contributed by atoms with E-state index in [0.29, 0.717) is 16.9 Å². The van der Waals surface area contributed by atoms with Crippen LogP contribution in [0.2, 0.25) is 0 Å². The number of amides is 1. The molecule has 0 aliphatic heterocycles. The molecule has 5 heteroatoms. The van der Waals surface area contributed by atoms with Gasteiger partial charge >= 0.3 is 5.97 Å². The van der Waals surface area contributed by atoms with E-state index in [-0.39, 0.29) is 5.91 Å². The number of carbonyl (C=O) groups excluding carboxylic acids is 2. The average molecular weight is 308 g/mol. The molecule has 0 radical (unpaired) electrons. The van der Waals surface area contributed by atoms with E-state index >= 15 is 0 Å².